The lowest BCUT2D eigenvalue weighted by atomic mass is 10.1. The van der Waals surface area contributed by atoms with Crippen LogP contribution in [-0.4, -0.2) is 6.04 Å². The first kappa shape index (κ1) is 9.57. The summed E-state index contributed by atoms with van der Waals surface area (Å²) in [5.41, 5.74) is 3.99. The van der Waals surface area contributed by atoms with E-state index >= 15 is 0 Å². The molecule has 1 N–H and O–H groups in total. The second kappa shape index (κ2) is 3.64. The van der Waals surface area contributed by atoms with E-state index in [4.69, 9.17) is 0 Å². The molecule has 1 aliphatic carbocycles. The van der Waals surface area contributed by atoms with Gasteiger partial charge in [-0.25, -0.2) is 0 Å². The number of hydrogen-bond donors (Lipinski definition) is 1. The molecule has 1 nitrogen and oxygen atoms in total. The maximum atomic E-state index is 3.61. The Morgan fingerprint density at radius 1 is 1.29 bits per heavy atom. The van der Waals surface area contributed by atoms with E-state index in [1.165, 1.54) is 29.7 Å². The lowest BCUT2D eigenvalue weighted by molar-refractivity contribution is 0.693. The molecule has 1 saturated carbocycles. The van der Waals surface area contributed by atoms with Gasteiger partial charge in [0, 0.05) is 11.7 Å². The van der Waals surface area contributed by atoms with Crippen molar-refractivity contribution in [1.29, 1.82) is 0 Å². The molecule has 1 unspecified atom stereocenters. The first-order valence-corrected chi connectivity index (χ1v) is 5.50. The highest BCUT2D eigenvalue weighted by atomic mass is 14.9. The van der Waals surface area contributed by atoms with Gasteiger partial charge in [-0.05, 0) is 56.7 Å². The maximum Gasteiger partial charge on any atom is 0.0374 e. The molecule has 1 heteroatoms. The molecular formula is C13H19N. The Kier molecular flexibility index (Phi) is 2.49. The molecule has 1 aliphatic rings. The van der Waals surface area contributed by atoms with Crippen molar-refractivity contribution in [1.82, 2.24) is 0 Å². The summed E-state index contributed by atoms with van der Waals surface area (Å²) < 4.78 is 0. The Morgan fingerprint density at radius 2 is 2.00 bits per heavy atom. The number of nitrogens with one attached hydrogen (secondary N) is 1. The molecule has 1 aromatic carbocycles. The molecule has 0 spiro atoms. The number of rotatable bonds is 3. The maximum absolute atomic E-state index is 3.61. The van der Waals surface area contributed by atoms with Crippen molar-refractivity contribution in [2.24, 2.45) is 5.92 Å². The van der Waals surface area contributed by atoms with Crippen molar-refractivity contribution in [3.63, 3.8) is 0 Å². The third-order valence-corrected chi connectivity index (χ3v) is 3.11. The predicted molar refractivity (Wildman–Crippen MR) is 61.7 cm³/mol. The standard InChI is InChI=1S/C13H19N/c1-9-4-5-10(2)13(8-9)14-11(3)12-6-7-12/h4-5,8,11-12,14H,6-7H2,1-3H3. The summed E-state index contributed by atoms with van der Waals surface area (Å²) in [6.07, 6.45) is 2.80. The monoisotopic (exact) mass is 189 g/mol. The number of hydrogen-bond acceptors (Lipinski definition) is 1. The summed E-state index contributed by atoms with van der Waals surface area (Å²) in [7, 11) is 0. The van der Waals surface area contributed by atoms with Crippen molar-refractivity contribution in [3.05, 3.63) is 29.3 Å². The number of anilines is 1. The first-order chi connectivity index (χ1) is 6.66. The lowest BCUT2D eigenvalue weighted by Crippen LogP contribution is -2.17. The Morgan fingerprint density at radius 3 is 2.64 bits per heavy atom. The largest absolute Gasteiger partial charge is 0.382 e. The summed E-state index contributed by atoms with van der Waals surface area (Å²) in [5, 5.41) is 3.61. The molecule has 14 heavy (non-hydrogen) atoms. The van der Waals surface area contributed by atoms with Crippen LogP contribution in [0.5, 0.6) is 0 Å². The Balaban J connectivity index is 2.10. The molecule has 0 amide bonds. The average molecular weight is 189 g/mol. The van der Waals surface area contributed by atoms with Crippen LogP contribution in [0.1, 0.15) is 30.9 Å². The number of aryl methyl sites for hydroxylation is 2. The van der Waals surface area contributed by atoms with Crippen LogP contribution in [0.4, 0.5) is 5.69 Å². The zero-order valence-electron chi connectivity index (χ0n) is 9.30. The van der Waals surface area contributed by atoms with Gasteiger partial charge in [-0.1, -0.05) is 12.1 Å². The Labute approximate surface area is 86.5 Å². The van der Waals surface area contributed by atoms with Crippen LogP contribution >= 0.6 is 0 Å². The van der Waals surface area contributed by atoms with Crippen LogP contribution in [0.2, 0.25) is 0 Å². The molecule has 1 fully saturated rings. The van der Waals surface area contributed by atoms with Crippen molar-refractivity contribution in [2.45, 2.75) is 39.7 Å². The van der Waals surface area contributed by atoms with Gasteiger partial charge < -0.3 is 5.32 Å². The van der Waals surface area contributed by atoms with E-state index in [-0.39, 0.29) is 0 Å². The minimum atomic E-state index is 0.635. The fourth-order valence-corrected chi connectivity index (χ4v) is 1.85. The smallest absolute Gasteiger partial charge is 0.0374 e. The summed E-state index contributed by atoms with van der Waals surface area (Å²) >= 11 is 0. The highest BCUT2D eigenvalue weighted by Crippen LogP contribution is 2.34. The van der Waals surface area contributed by atoms with E-state index in [1.807, 2.05) is 0 Å². The van der Waals surface area contributed by atoms with Gasteiger partial charge in [0.25, 0.3) is 0 Å². The van der Waals surface area contributed by atoms with Gasteiger partial charge in [-0.15, -0.1) is 0 Å². The number of benzene rings is 1. The van der Waals surface area contributed by atoms with Crippen molar-refractivity contribution >= 4 is 5.69 Å². The topological polar surface area (TPSA) is 12.0 Å². The molecule has 2 rings (SSSR count). The zero-order chi connectivity index (χ0) is 10.1. The third-order valence-electron chi connectivity index (χ3n) is 3.11. The molecule has 0 bridgehead atoms. The van der Waals surface area contributed by atoms with Gasteiger partial charge in [-0.2, -0.15) is 0 Å². The van der Waals surface area contributed by atoms with Gasteiger partial charge in [-0.3, -0.25) is 0 Å². The highest BCUT2D eigenvalue weighted by Gasteiger charge is 2.27. The molecule has 0 aromatic heterocycles. The van der Waals surface area contributed by atoms with E-state index in [0.717, 1.165) is 5.92 Å². The molecular weight excluding hydrogens is 170 g/mol. The van der Waals surface area contributed by atoms with Crippen LogP contribution in [0.3, 0.4) is 0 Å². The van der Waals surface area contributed by atoms with Crippen molar-refractivity contribution in [3.8, 4) is 0 Å². The zero-order valence-corrected chi connectivity index (χ0v) is 9.30. The predicted octanol–water partition coefficient (Wildman–Crippen LogP) is 3.51. The fourth-order valence-electron chi connectivity index (χ4n) is 1.85. The van der Waals surface area contributed by atoms with Gasteiger partial charge in [0.15, 0.2) is 0 Å². The summed E-state index contributed by atoms with van der Waals surface area (Å²) in [6, 6.07) is 7.24. The summed E-state index contributed by atoms with van der Waals surface area (Å²) in [6.45, 7) is 6.60. The minimum absolute atomic E-state index is 0.635. The lowest BCUT2D eigenvalue weighted by Gasteiger charge is -2.16. The van der Waals surface area contributed by atoms with Gasteiger partial charge in [0.2, 0.25) is 0 Å². The second-order valence-electron chi connectivity index (χ2n) is 4.59. The second-order valence-corrected chi connectivity index (χ2v) is 4.59. The first-order valence-electron chi connectivity index (χ1n) is 5.50. The van der Waals surface area contributed by atoms with Crippen molar-refractivity contribution in [2.75, 3.05) is 5.32 Å². The molecule has 0 radical (unpaired) electrons. The molecule has 0 heterocycles. The molecule has 0 saturated heterocycles. The summed E-state index contributed by atoms with van der Waals surface area (Å²) in [5.74, 6) is 0.912. The van der Waals surface area contributed by atoms with Crippen LogP contribution in [0.15, 0.2) is 18.2 Å². The quantitative estimate of drug-likeness (QED) is 0.767. The van der Waals surface area contributed by atoms with E-state index < -0.39 is 0 Å². The van der Waals surface area contributed by atoms with E-state index in [1.54, 1.807) is 0 Å². The Bertz CT molecular complexity index is 326. The van der Waals surface area contributed by atoms with Crippen LogP contribution < -0.4 is 5.32 Å². The third kappa shape index (κ3) is 2.09. The van der Waals surface area contributed by atoms with Gasteiger partial charge in [0.1, 0.15) is 0 Å². The Hall–Kier alpha value is -0.980. The highest BCUT2D eigenvalue weighted by molar-refractivity contribution is 5.53. The summed E-state index contributed by atoms with van der Waals surface area (Å²) in [4.78, 5) is 0. The average Bonchev–Trinajstić information content (AvgIpc) is 2.94. The SMILES string of the molecule is Cc1ccc(C)c(NC(C)C2CC2)c1. The van der Waals surface area contributed by atoms with E-state index in [0.29, 0.717) is 6.04 Å². The molecule has 1 aromatic rings. The van der Waals surface area contributed by atoms with Crippen LogP contribution in [-0.2, 0) is 0 Å². The minimum Gasteiger partial charge on any atom is -0.382 e. The molecule has 0 aliphatic heterocycles. The van der Waals surface area contributed by atoms with E-state index in [2.05, 4.69) is 44.3 Å². The van der Waals surface area contributed by atoms with Gasteiger partial charge >= 0.3 is 0 Å². The fraction of sp³-hybridized carbons (Fsp3) is 0.538. The van der Waals surface area contributed by atoms with E-state index in [9.17, 15) is 0 Å². The van der Waals surface area contributed by atoms with Crippen LogP contribution in [0, 0.1) is 19.8 Å². The normalized spacial score (nSPS) is 17.9. The molecule has 76 valence electrons. The molecule has 1 atom stereocenters. The van der Waals surface area contributed by atoms with Crippen molar-refractivity contribution < 1.29 is 0 Å². The van der Waals surface area contributed by atoms with Crippen LogP contribution in [0.25, 0.3) is 0 Å². The van der Waals surface area contributed by atoms with Gasteiger partial charge in [0.05, 0.1) is 0 Å².